The number of methoxy groups -OCH3 is 1. The molecular weight excluding hydrogens is 463 g/mol. The van der Waals surface area contributed by atoms with Crippen molar-refractivity contribution in [3.8, 4) is 5.75 Å². The molecule has 0 aliphatic heterocycles. The number of nitrogens with one attached hydrogen (secondary N) is 2. The van der Waals surface area contributed by atoms with Crippen molar-refractivity contribution in [1.29, 1.82) is 0 Å². The number of nitrogens with zero attached hydrogens (tertiary/aromatic N) is 2. The smallest absolute Gasteiger partial charge is 0.258 e. The molecule has 1 heterocycles. The minimum atomic E-state index is -3.98. The second-order valence-corrected chi connectivity index (χ2v) is 9.14. The van der Waals surface area contributed by atoms with Gasteiger partial charge in [0.05, 0.1) is 22.7 Å². The number of ether oxygens (including phenoxy) is 1. The van der Waals surface area contributed by atoms with Gasteiger partial charge in [0.2, 0.25) is 10.0 Å². The van der Waals surface area contributed by atoms with Crippen molar-refractivity contribution < 1.29 is 17.9 Å². The third kappa shape index (κ3) is 5.76. The molecular formula is C20H20Cl2N4O4S. The number of rotatable bonds is 8. The van der Waals surface area contributed by atoms with Crippen molar-refractivity contribution in [2.45, 2.75) is 11.3 Å². The number of carbonyl (C=O) groups is 1. The Hall–Kier alpha value is -2.59. The van der Waals surface area contributed by atoms with E-state index in [1.54, 1.807) is 38.6 Å². The normalized spacial score (nSPS) is 11.4. The number of aromatic nitrogens is 2. The molecule has 1 aromatic heterocycles. The summed E-state index contributed by atoms with van der Waals surface area (Å²) in [7, 11) is -0.706. The van der Waals surface area contributed by atoms with Crippen LogP contribution in [0.3, 0.4) is 0 Å². The highest BCUT2D eigenvalue weighted by Crippen LogP contribution is 2.29. The number of carbonyl (C=O) groups excluding carboxylic acids is 1. The first-order chi connectivity index (χ1) is 14.7. The van der Waals surface area contributed by atoms with Gasteiger partial charge in [0, 0.05) is 25.9 Å². The molecule has 1 amide bonds. The zero-order valence-corrected chi connectivity index (χ0v) is 19.1. The number of hydrogen-bond donors (Lipinski definition) is 2. The number of amides is 1. The Balaban J connectivity index is 1.74. The predicted molar refractivity (Wildman–Crippen MR) is 120 cm³/mol. The average molecular weight is 483 g/mol. The van der Waals surface area contributed by atoms with E-state index in [1.807, 2.05) is 12.1 Å². The summed E-state index contributed by atoms with van der Waals surface area (Å²) in [5.74, 6) is 0.421. The summed E-state index contributed by atoms with van der Waals surface area (Å²) in [6.45, 7) is 0.142. The zero-order valence-electron chi connectivity index (χ0n) is 16.7. The van der Waals surface area contributed by atoms with E-state index in [-0.39, 0.29) is 27.0 Å². The van der Waals surface area contributed by atoms with Crippen LogP contribution in [-0.4, -0.2) is 37.8 Å². The lowest BCUT2D eigenvalue weighted by Gasteiger charge is -2.12. The summed E-state index contributed by atoms with van der Waals surface area (Å²) < 4.78 is 34.7. The van der Waals surface area contributed by atoms with Crippen molar-refractivity contribution in [1.82, 2.24) is 14.5 Å². The molecule has 0 radical (unpaired) electrons. The lowest BCUT2D eigenvalue weighted by Crippen LogP contribution is -2.26. The predicted octanol–water partition coefficient (Wildman–Crippen LogP) is 3.51. The minimum Gasteiger partial charge on any atom is -0.497 e. The van der Waals surface area contributed by atoms with Gasteiger partial charge in [-0.05, 0) is 36.2 Å². The van der Waals surface area contributed by atoms with E-state index in [4.69, 9.17) is 27.9 Å². The third-order valence-electron chi connectivity index (χ3n) is 4.38. The van der Waals surface area contributed by atoms with E-state index in [0.29, 0.717) is 18.0 Å². The molecule has 0 aliphatic rings. The Labute approximate surface area is 190 Å². The number of aryl methyl sites for hydroxylation is 1. The Kier molecular flexibility index (Phi) is 7.22. The Bertz CT molecular complexity index is 1190. The van der Waals surface area contributed by atoms with Gasteiger partial charge >= 0.3 is 0 Å². The fourth-order valence-corrected chi connectivity index (χ4v) is 4.66. The van der Waals surface area contributed by atoms with Crippen LogP contribution in [0, 0.1) is 0 Å². The van der Waals surface area contributed by atoms with E-state index in [2.05, 4.69) is 15.1 Å². The highest BCUT2D eigenvalue weighted by atomic mass is 35.5. The van der Waals surface area contributed by atoms with Crippen LogP contribution in [-0.2, 0) is 23.5 Å². The van der Waals surface area contributed by atoms with Crippen LogP contribution in [0.2, 0.25) is 10.0 Å². The maximum atomic E-state index is 12.8. The first kappa shape index (κ1) is 23.1. The molecule has 0 atom stereocenters. The largest absolute Gasteiger partial charge is 0.497 e. The van der Waals surface area contributed by atoms with Gasteiger partial charge in [-0.3, -0.25) is 9.48 Å². The molecule has 11 heteroatoms. The molecule has 0 aliphatic carbocycles. The quantitative estimate of drug-likeness (QED) is 0.511. The summed E-state index contributed by atoms with van der Waals surface area (Å²) in [6, 6.07) is 11.3. The molecule has 31 heavy (non-hydrogen) atoms. The fraction of sp³-hybridized carbons (Fsp3) is 0.200. The number of benzene rings is 2. The van der Waals surface area contributed by atoms with Gasteiger partial charge in [-0.25, -0.2) is 13.1 Å². The first-order valence-electron chi connectivity index (χ1n) is 9.12. The monoisotopic (exact) mass is 482 g/mol. The minimum absolute atomic E-state index is 0.0237. The molecule has 0 fully saturated rings. The summed E-state index contributed by atoms with van der Waals surface area (Å²) in [5.41, 5.74) is 0.897. The number of halogens is 2. The molecule has 0 saturated heterocycles. The van der Waals surface area contributed by atoms with Crippen LogP contribution in [0.4, 0.5) is 5.82 Å². The summed E-state index contributed by atoms with van der Waals surface area (Å²) >= 11 is 12.2. The highest BCUT2D eigenvalue weighted by Gasteiger charge is 2.23. The fourth-order valence-electron chi connectivity index (χ4n) is 2.77. The molecule has 0 saturated carbocycles. The number of sulfonamides is 1. The molecule has 3 aromatic rings. The SMILES string of the molecule is COc1ccc(CCNS(=O)(=O)c2cc(C(=O)Nc3ccn(C)n3)c(Cl)cc2Cl)cc1. The standard InChI is InChI=1S/C20H20Cl2N4O4S/c1-26-10-8-19(25-26)24-20(27)15-11-18(17(22)12-16(15)21)31(28,29)23-9-7-13-3-5-14(30-2)6-4-13/h3-6,8,10-12,23H,7,9H2,1-2H3,(H,24,25,27). The number of anilines is 1. The van der Waals surface area contributed by atoms with Gasteiger partial charge < -0.3 is 10.1 Å². The molecule has 0 bridgehead atoms. The van der Waals surface area contributed by atoms with Crippen LogP contribution >= 0.6 is 23.2 Å². The van der Waals surface area contributed by atoms with Crippen LogP contribution in [0.1, 0.15) is 15.9 Å². The first-order valence-corrected chi connectivity index (χ1v) is 11.4. The molecule has 0 spiro atoms. The Morgan fingerprint density at radius 3 is 2.45 bits per heavy atom. The van der Waals surface area contributed by atoms with Crippen LogP contribution in [0.25, 0.3) is 0 Å². The number of hydrogen-bond acceptors (Lipinski definition) is 5. The molecule has 2 N–H and O–H groups in total. The van der Waals surface area contributed by atoms with Gasteiger partial charge in [-0.15, -0.1) is 0 Å². The van der Waals surface area contributed by atoms with Crippen molar-refractivity contribution >= 4 is 45.0 Å². The van der Waals surface area contributed by atoms with Gasteiger partial charge in [0.15, 0.2) is 5.82 Å². The maximum Gasteiger partial charge on any atom is 0.258 e. The van der Waals surface area contributed by atoms with E-state index < -0.39 is 15.9 Å². The van der Waals surface area contributed by atoms with Crippen molar-refractivity contribution in [2.24, 2.45) is 7.05 Å². The lowest BCUT2D eigenvalue weighted by atomic mass is 10.1. The van der Waals surface area contributed by atoms with Crippen LogP contribution in [0.5, 0.6) is 5.75 Å². The van der Waals surface area contributed by atoms with Crippen LogP contribution in [0.15, 0.2) is 53.6 Å². The zero-order chi connectivity index (χ0) is 22.6. The lowest BCUT2D eigenvalue weighted by molar-refractivity contribution is 0.102. The molecule has 2 aromatic carbocycles. The van der Waals surface area contributed by atoms with Crippen molar-refractivity contribution in [3.63, 3.8) is 0 Å². The van der Waals surface area contributed by atoms with E-state index >= 15 is 0 Å². The van der Waals surface area contributed by atoms with Crippen molar-refractivity contribution in [3.05, 3.63) is 69.8 Å². The molecule has 3 rings (SSSR count). The molecule has 0 unspecified atom stereocenters. The highest BCUT2D eigenvalue weighted by molar-refractivity contribution is 7.89. The second-order valence-electron chi connectivity index (χ2n) is 6.59. The van der Waals surface area contributed by atoms with E-state index in [9.17, 15) is 13.2 Å². The Morgan fingerprint density at radius 2 is 1.84 bits per heavy atom. The maximum absolute atomic E-state index is 12.8. The summed E-state index contributed by atoms with van der Waals surface area (Å²) in [6.07, 6.45) is 2.11. The summed E-state index contributed by atoms with van der Waals surface area (Å²) in [4.78, 5) is 12.3. The van der Waals surface area contributed by atoms with Gasteiger partial charge in [-0.1, -0.05) is 35.3 Å². The molecule has 164 valence electrons. The van der Waals surface area contributed by atoms with Gasteiger partial charge in [-0.2, -0.15) is 5.10 Å². The molecule has 8 nitrogen and oxygen atoms in total. The summed E-state index contributed by atoms with van der Waals surface area (Å²) in [5, 5.41) is 6.56. The van der Waals surface area contributed by atoms with Gasteiger partial charge in [0.1, 0.15) is 10.6 Å². The third-order valence-corrected chi connectivity index (χ3v) is 6.61. The van der Waals surface area contributed by atoms with E-state index in [1.165, 1.54) is 10.7 Å². The van der Waals surface area contributed by atoms with Gasteiger partial charge in [0.25, 0.3) is 5.91 Å². The average Bonchev–Trinajstić information content (AvgIpc) is 3.12. The van der Waals surface area contributed by atoms with Crippen molar-refractivity contribution in [2.75, 3.05) is 19.0 Å². The topological polar surface area (TPSA) is 102 Å². The van der Waals surface area contributed by atoms with E-state index in [0.717, 1.165) is 11.6 Å². The Morgan fingerprint density at radius 1 is 1.13 bits per heavy atom. The van der Waals surface area contributed by atoms with Crippen LogP contribution < -0.4 is 14.8 Å². The second kappa shape index (κ2) is 9.69.